The third kappa shape index (κ3) is 1.74. The third-order valence-electron chi connectivity index (χ3n) is 2.33. The Bertz CT molecular complexity index is 390. The standard InChI is InChI=1S/C9H11ClN4O/c1-9(2)5-11-8(15)14(9)7-4-3-6(10)12-13-7/h3-4H,5H2,1-2H3,(H,11,15). The number of aromatic nitrogens is 2. The predicted octanol–water partition coefficient (Wildman–Crippen LogP) is 1.44. The van der Waals surface area contributed by atoms with Crippen molar-refractivity contribution in [2.75, 3.05) is 11.4 Å². The van der Waals surface area contributed by atoms with E-state index >= 15 is 0 Å². The Hall–Kier alpha value is -1.36. The average Bonchev–Trinajstić information content (AvgIpc) is 2.43. The van der Waals surface area contributed by atoms with Crippen molar-refractivity contribution < 1.29 is 4.79 Å². The molecule has 2 amide bonds. The minimum atomic E-state index is -0.292. The van der Waals surface area contributed by atoms with Crippen LogP contribution in [0.15, 0.2) is 12.1 Å². The summed E-state index contributed by atoms with van der Waals surface area (Å²) in [6.45, 7) is 4.51. The molecule has 2 heterocycles. The number of nitrogens with zero attached hydrogens (tertiary/aromatic N) is 3. The molecule has 0 radical (unpaired) electrons. The molecule has 0 atom stereocenters. The number of nitrogens with one attached hydrogen (secondary N) is 1. The molecule has 2 rings (SSSR count). The Labute approximate surface area is 92.4 Å². The monoisotopic (exact) mass is 226 g/mol. The van der Waals surface area contributed by atoms with E-state index in [0.717, 1.165) is 0 Å². The van der Waals surface area contributed by atoms with Crippen molar-refractivity contribution in [3.05, 3.63) is 17.3 Å². The van der Waals surface area contributed by atoms with Gasteiger partial charge in [-0.1, -0.05) is 11.6 Å². The van der Waals surface area contributed by atoms with E-state index in [1.165, 1.54) is 0 Å². The summed E-state index contributed by atoms with van der Waals surface area (Å²) in [6.07, 6.45) is 0. The molecule has 1 saturated heterocycles. The second kappa shape index (κ2) is 3.34. The van der Waals surface area contributed by atoms with Crippen LogP contribution in [0.1, 0.15) is 13.8 Å². The normalized spacial score (nSPS) is 19.1. The smallest absolute Gasteiger partial charge is 0.323 e. The summed E-state index contributed by atoms with van der Waals surface area (Å²) >= 11 is 5.63. The number of hydrogen-bond donors (Lipinski definition) is 1. The Morgan fingerprint density at radius 2 is 2.20 bits per heavy atom. The van der Waals surface area contributed by atoms with Gasteiger partial charge in [-0.2, -0.15) is 0 Å². The highest BCUT2D eigenvalue weighted by atomic mass is 35.5. The first kappa shape index (κ1) is 10.2. The molecule has 1 fully saturated rings. The van der Waals surface area contributed by atoms with Crippen LogP contribution >= 0.6 is 11.6 Å². The Morgan fingerprint density at radius 3 is 2.67 bits per heavy atom. The molecule has 15 heavy (non-hydrogen) atoms. The summed E-state index contributed by atoms with van der Waals surface area (Å²) in [5.74, 6) is 0.513. The molecule has 0 aliphatic carbocycles. The molecule has 0 spiro atoms. The van der Waals surface area contributed by atoms with Gasteiger partial charge in [0.1, 0.15) is 0 Å². The highest BCUT2D eigenvalue weighted by molar-refractivity contribution is 6.29. The summed E-state index contributed by atoms with van der Waals surface area (Å²) < 4.78 is 0. The van der Waals surface area contributed by atoms with Crippen molar-refractivity contribution in [3.8, 4) is 0 Å². The first-order valence-electron chi connectivity index (χ1n) is 4.58. The Kier molecular flexibility index (Phi) is 2.26. The van der Waals surface area contributed by atoms with E-state index in [1.54, 1.807) is 17.0 Å². The fourth-order valence-corrected chi connectivity index (χ4v) is 1.67. The van der Waals surface area contributed by atoms with Gasteiger partial charge in [0.15, 0.2) is 11.0 Å². The van der Waals surface area contributed by atoms with Gasteiger partial charge in [0, 0.05) is 6.54 Å². The molecule has 0 bridgehead atoms. The lowest BCUT2D eigenvalue weighted by Crippen LogP contribution is -2.42. The van der Waals surface area contributed by atoms with Crippen molar-refractivity contribution in [1.82, 2.24) is 15.5 Å². The first-order chi connectivity index (χ1) is 7.00. The molecular formula is C9H11ClN4O. The zero-order valence-electron chi connectivity index (χ0n) is 8.49. The largest absolute Gasteiger partial charge is 0.335 e. The average molecular weight is 227 g/mol. The number of carbonyl (C=O) groups excluding carboxylic acids is 1. The first-order valence-corrected chi connectivity index (χ1v) is 4.96. The Morgan fingerprint density at radius 1 is 1.47 bits per heavy atom. The molecule has 1 aliphatic rings. The van der Waals surface area contributed by atoms with Crippen molar-refractivity contribution in [2.24, 2.45) is 0 Å². The molecule has 6 heteroatoms. The van der Waals surface area contributed by atoms with E-state index in [1.807, 2.05) is 13.8 Å². The fraction of sp³-hybridized carbons (Fsp3) is 0.444. The van der Waals surface area contributed by atoms with Gasteiger partial charge in [-0.15, -0.1) is 10.2 Å². The summed E-state index contributed by atoms with van der Waals surface area (Å²) in [4.78, 5) is 13.2. The van der Waals surface area contributed by atoms with Crippen molar-refractivity contribution in [3.63, 3.8) is 0 Å². The van der Waals surface area contributed by atoms with Crippen LogP contribution in [0.4, 0.5) is 10.6 Å². The van der Waals surface area contributed by atoms with Crippen LogP contribution in [0.25, 0.3) is 0 Å². The summed E-state index contributed by atoms with van der Waals surface area (Å²) in [6, 6.07) is 3.14. The van der Waals surface area contributed by atoms with Crippen LogP contribution in [-0.4, -0.2) is 28.3 Å². The minimum Gasteiger partial charge on any atom is -0.335 e. The molecule has 1 N–H and O–H groups in total. The van der Waals surface area contributed by atoms with E-state index in [0.29, 0.717) is 17.5 Å². The summed E-state index contributed by atoms with van der Waals surface area (Å²) in [7, 11) is 0. The lowest BCUT2D eigenvalue weighted by atomic mass is 10.1. The van der Waals surface area contributed by atoms with Gasteiger partial charge >= 0.3 is 6.03 Å². The van der Waals surface area contributed by atoms with Crippen molar-refractivity contribution >= 4 is 23.4 Å². The van der Waals surface area contributed by atoms with E-state index < -0.39 is 0 Å². The second-order valence-corrected chi connectivity index (χ2v) is 4.41. The Balaban J connectivity index is 2.37. The number of urea groups is 1. The highest BCUT2D eigenvalue weighted by Crippen LogP contribution is 2.25. The van der Waals surface area contributed by atoms with Gasteiger partial charge in [-0.05, 0) is 26.0 Å². The molecule has 1 aromatic rings. The quantitative estimate of drug-likeness (QED) is 0.788. The van der Waals surface area contributed by atoms with Gasteiger partial charge in [-0.25, -0.2) is 4.79 Å². The van der Waals surface area contributed by atoms with E-state index in [2.05, 4.69) is 15.5 Å². The second-order valence-electron chi connectivity index (χ2n) is 4.02. The number of anilines is 1. The number of rotatable bonds is 1. The van der Waals surface area contributed by atoms with Crippen molar-refractivity contribution in [2.45, 2.75) is 19.4 Å². The van der Waals surface area contributed by atoms with Crippen LogP contribution in [0.2, 0.25) is 5.15 Å². The predicted molar refractivity (Wildman–Crippen MR) is 57.0 cm³/mol. The van der Waals surface area contributed by atoms with Crippen LogP contribution in [0, 0.1) is 0 Å². The van der Waals surface area contributed by atoms with Gasteiger partial charge < -0.3 is 5.32 Å². The maximum Gasteiger partial charge on any atom is 0.323 e. The topological polar surface area (TPSA) is 58.1 Å². The molecule has 1 aliphatic heterocycles. The zero-order valence-corrected chi connectivity index (χ0v) is 9.25. The van der Waals surface area contributed by atoms with Crippen LogP contribution in [0.3, 0.4) is 0 Å². The lowest BCUT2D eigenvalue weighted by molar-refractivity contribution is 0.251. The van der Waals surface area contributed by atoms with Crippen LogP contribution in [0.5, 0.6) is 0 Å². The molecule has 0 unspecified atom stereocenters. The number of amides is 2. The van der Waals surface area contributed by atoms with Crippen LogP contribution in [-0.2, 0) is 0 Å². The van der Waals surface area contributed by atoms with Gasteiger partial charge in [0.2, 0.25) is 0 Å². The van der Waals surface area contributed by atoms with E-state index in [4.69, 9.17) is 11.6 Å². The summed E-state index contributed by atoms with van der Waals surface area (Å²) in [5, 5.41) is 10.7. The molecule has 80 valence electrons. The molecule has 5 nitrogen and oxygen atoms in total. The maximum atomic E-state index is 11.6. The molecule has 0 aromatic carbocycles. The minimum absolute atomic E-state index is 0.156. The lowest BCUT2D eigenvalue weighted by Gasteiger charge is -2.27. The highest BCUT2D eigenvalue weighted by Gasteiger charge is 2.39. The van der Waals surface area contributed by atoms with E-state index in [9.17, 15) is 4.79 Å². The zero-order chi connectivity index (χ0) is 11.1. The van der Waals surface area contributed by atoms with E-state index in [-0.39, 0.29) is 11.6 Å². The van der Waals surface area contributed by atoms with Gasteiger partial charge in [0.05, 0.1) is 5.54 Å². The molecule has 0 saturated carbocycles. The van der Waals surface area contributed by atoms with Gasteiger partial charge in [-0.3, -0.25) is 4.90 Å². The summed E-state index contributed by atoms with van der Waals surface area (Å²) in [5.41, 5.74) is -0.292. The van der Waals surface area contributed by atoms with Crippen LogP contribution < -0.4 is 10.2 Å². The SMILES string of the molecule is CC1(C)CNC(=O)N1c1ccc(Cl)nn1. The molecular weight excluding hydrogens is 216 g/mol. The number of hydrogen-bond acceptors (Lipinski definition) is 3. The maximum absolute atomic E-state index is 11.6. The third-order valence-corrected chi connectivity index (χ3v) is 2.53. The fourth-order valence-electron chi connectivity index (χ4n) is 1.57. The number of halogens is 1. The van der Waals surface area contributed by atoms with Crippen molar-refractivity contribution in [1.29, 1.82) is 0 Å². The van der Waals surface area contributed by atoms with Gasteiger partial charge in [0.25, 0.3) is 0 Å². The number of carbonyl (C=O) groups is 1. The molecule has 1 aromatic heterocycles.